The number of benzene rings is 12. The Kier molecular flexibility index (Phi) is 7.96. The average Bonchev–Trinajstić information content (AvgIpc) is 3.32. The molecule has 0 aliphatic heterocycles. The van der Waals surface area contributed by atoms with E-state index in [0.717, 1.165) is 0 Å². The standard InChI is InChI=1S/C60H38/c1-3-16-40(17-4-1)55-35-43-21-9-10-22-44(43)36-57(55)45-29-32-50-49-31-30-47(34-48(49)38-56(58(50)37-45)41-18-5-2-6-19-41)60-53-25-13-11-23-51(53)59(52-24-12-14-26-54(52)60)46-28-27-39-15-7-8-20-42(39)33-46/h1-38H. The molecule has 12 aromatic rings. The molecule has 0 nitrogen and oxygen atoms in total. The van der Waals surface area contributed by atoms with E-state index in [0.29, 0.717) is 0 Å². The van der Waals surface area contributed by atoms with Gasteiger partial charge in [-0.25, -0.2) is 0 Å². The predicted molar refractivity (Wildman–Crippen MR) is 259 cm³/mol. The van der Waals surface area contributed by atoms with Crippen molar-refractivity contribution in [1.29, 1.82) is 0 Å². The molecule has 0 saturated carbocycles. The summed E-state index contributed by atoms with van der Waals surface area (Å²) in [6.45, 7) is 0. The number of fused-ring (bicyclic) bond motifs is 7. The van der Waals surface area contributed by atoms with E-state index in [2.05, 4.69) is 231 Å². The van der Waals surface area contributed by atoms with Crippen LogP contribution in [0.1, 0.15) is 0 Å². The molecule has 12 rings (SSSR count). The molecule has 0 saturated heterocycles. The maximum Gasteiger partial charge on any atom is -0.00262 e. The van der Waals surface area contributed by atoms with Gasteiger partial charge in [-0.2, -0.15) is 0 Å². The average molecular weight is 759 g/mol. The fraction of sp³-hybridized carbons (Fsp3) is 0. The minimum absolute atomic E-state index is 1.21. The van der Waals surface area contributed by atoms with E-state index < -0.39 is 0 Å². The third-order valence-corrected chi connectivity index (χ3v) is 12.6. The molecule has 0 amide bonds. The van der Waals surface area contributed by atoms with Gasteiger partial charge < -0.3 is 0 Å². The molecule has 0 unspecified atom stereocenters. The van der Waals surface area contributed by atoms with E-state index in [1.54, 1.807) is 0 Å². The lowest BCUT2D eigenvalue weighted by Gasteiger charge is -2.19. The van der Waals surface area contributed by atoms with Crippen LogP contribution < -0.4 is 0 Å². The first-order valence-corrected chi connectivity index (χ1v) is 20.8. The maximum atomic E-state index is 2.43. The normalized spacial score (nSPS) is 11.7. The van der Waals surface area contributed by atoms with Crippen LogP contribution in [0, 0.1) is 0 Å². The first-order valence-electron chi connectivity index (χ1n) is 20.8. The molecule has 0 heterocycles. The molecule has 0 spiro atoms. The van der Waals surface area contributed by atoms with Crippen LogP contribution in [0.4, 0.5) is 0 Å². The van der Waals surface area contributed by atoms with Gasteiger partial charge in [-0.05, 0) is 157 Å². The van der Waals surface area contributed by atoms with E-state index in [1.165, 1.54) is 120 Å². The number of rotatable bonds is 5. The van der Waals surface area contributed by atoms with Crippen molar-refractivity contribution in [3.05, 3.63) is 231 Å². The van der Waals surface area contributed by atoms with Crippen molar-refractivity contribution in [2.45, 2.75) is 0 Å². The lowest BCUT2D eigenvalue weighted by molar-refractivity contribution is 1.61. The van der Waals surface area contributed by atoms with Gasteiger partial charge in [0.1, 0.15) is 0 Å². The van der Waals surface area contributed by atoms with Crippen molar-refractivity contribution in [3.63, 3.8) is 0 Å². The molecule has 0 aliphatic rings. The Morgan fingerprint density at radius 3 is 1.15 bits per heavy atom. The zero-order valence-corrected chi connectivity index (χ0v) is 32.9. The van der Waals surface area contributed by atoms with Crippen molar-refractivity contribution in [2.75, 3.05) is 0 Å². The molecular formula is C60H38. The Balaban J connectivity index is 1.09. The zero-order chi connectivity index (χ0) is 39.6. The SMILES string of the molecule is c1ccc(-c2cc3ccccc3cc2-c2ccc3c(c2)c(-c2ccccc2)cc2cc(-c4c5ccccc5c(-c5ccc6ccccc6c5)c5ccccc45)ccc23)cc1. The minimum Gasteiger partial charge on any atom is -0.0622 e. The third kappa shape index (κ3) is 5.61. The second kappa shape index (κ2) is 13.9. The van der Waals surface area contributed by atoms with Crippen molar-refractivity contribution >= 4 is 64.6 Å². The van der Waals surface area contributed by atoms with Gasteiger partial charge in [-0.3, -0.25) is 0 Å². The summed E-state index contributed by atoms with van der Waals surface area (Å²) in [5.41, 5.74) is 12.4. The summed E-state index contributed by atoms with van der Waals surface area (Å²) in [7, 11) is 0. The van der Waals surface area contributed by atoms with Gasteiger partial charge in [-0.1, -0.05) is 194 Å². The van der Waals surface area contributed by atoms with Crippen LogP contribution in [0.5, 0.6) is 0 Å². The monoisotopic (exact) mass is 758 g/mol. The van der Waals surface area contributed by atoms with Gasteiger partial charge in [0.25, 0.3) is 0 Å². The van der Waals surface area contributed by atoms with E-state index in [1.807, 2.05) is 0 Å². The van der Waals surface area contributed by atoms with Crippen LogP contribution in [0.25, 0.3) is 120 Å². The zero-order valence-electron chi connectivity index (χ0n) is 32.9. The van der Waals surface area contributed by atoms with E-state index >= 15 is 0 Å². The Hall–Kier alpha value is -7.80. The van der Waals surface area contributed by atoms with Gasteiger partial charge >= 0.3 is 0 Å². The molecule has 0 aromatic heterocycles. The van der Waals surface area contributed by atoms with E-state index in [4.69, 9.17) is 0 Å². The largest absolute Gasteiger partial charge is 0.0622 e. The fourth-order valence-corrected chi connectivity index (χ4v) is 9.77. The smallest absolute Gasteiger partial charge is 0.00262 e. The van der Waals surface area contributed by atoms with Crippen molar-refractivity contribution in [1.82, 2.24) is 0 Å². The fourth-order valence-electron chi connectivity index (χ4n) is 9.77. The summed E-state index contributed by atoms with van der Waals surface area (Å²) in [4.78, 5) is 0. The summed E-state index contributed by atoms with van der Waals surface area (Å²) in [6.07, 6.45) is 0. The Morgan fingerprint density at radius 1 is 0.167 bits per heavy atom. The van der Waals surface area contributed by atoms with Crippen molar-refractivity contribution in [3.8, 4) is 55.6 Å². The molecular weight excluding hydrogens is 721 g/mol. The summed E-state index contributed by atoms with van der Waals surface area (Å²) in [6, 6.07) is 85.2. The van der Waals surface area contributed by atoms with Crippen LogP contribution in [-0.2, 0) is 0 Å². The summed E-state index contributed by atoms with van der Waals surface area (Å²) < 4.78 is 0. The number of hydrogen-bond acceptors (Lipinski definition) is 0. The molecule has 0 bridgehead atoms. The Bertz CT molecular complexity index is 3580. The summed E-state index contributed by atoms with van der Waals surface area (Å²) in [5.74, 6) is 0. The van der Waals surface area contributed by atoms with Gasteiger partial charge in [0, 0.05) is 0 Å². The first-order chi connectivity index (χ1) is 29.7. The van der Waals surface area contributed by atoms with Crippen LogP contribution in [0.3, 0.4) is 0 Å². The summed E-state index contributed by atoms with van der Waals surface area (Å²) in [5, 5.41) is 15.0. The lowest BCUT2D eigenvalue weighted by atomic mass is 9.84. The molecule has 0 atom stereocenters. The Labute approximate surface area is 349 Å². The topological polar surface area (TPSA) is 0 Å². The number of hydrogen-bond donors (Lipinski definition) is 0. The molecule has 0 aliphatic carbocycles. The molecule has 0 radical (unpaired) electrons. The van der Waals surface area contributed by atoms with E-state index in [9.17, 15) is 0 Å². The van der Waals surface area contributed by atoms with Gasteiger partial charge in [-0.15, -0.1) is 0 Å². The molecule has 278 valence electrons. The summed E-state index contributed by atoms with van der Waals surface area (Å²) >= 11 is 0. The van der Waals surface area contributed by atoms with E-state index in [-0.39, 0.29) is 0 Å². The highest BCUT2D eigenvalue weighted by molar-refractivity contribution is 6.23. The van der Waals surface area contributed by atoms with Crippen LogP contribution in [0.15, 0.2) is 231 Å². The highest BCUT2D eigenvalue weighted by Gasteiger charge is 2.19. The Morgan fingerprint density at radius 2 is 0.567 bits per heavy atom. The molecule has 12 aromatic carbocycles. The van der Waals surface area contributed by atoms with Gasteiger partial charge in [0.2, 0.25) is 0 Å². The molecule has 60 heavy (non-hydrogen) atoms. The quantitative estimate of drug-likeness (QED) is 0.121. The second-order valence-corrected chi connectivity index (χ2v) is 16.0. The second-order valence-electron chi connectivity index (χ2n) is 16.0. The lowest BCUT2D eigenvalue weighted by Crippen LogP contribution is -1.92. The van der Waals surface area contributed by atoms with Gasteiger partial charge in [0.15, 0.2) is 0 Å². The highest BCUT2D eigenvalue weighted by atomic mass is 14.2. The molecule has 0 heteroatoms. The van der Waals surface area contributed by atoms with Gasteiger partial charge in [0.05, 0.1) is 0 Å². The third-order valence-electron chi connectivity index (χ3n) is 12.6. The maximum absolute atomic E-state index is 2.43. The highest BCUT2D eigenvalue weighted by Crippen LogP contribution is 2.46. The molecule has 0 fully saturated rings. The van der Waals surface area contributed by atoms with Crippen LogP contribution in [0.2, 0.25) is 0 Å². The first kappa shape index (κ1) is 34.3. The van der Waals surface area contributed by atoms with Crippen molar-refractivity contribution in [2.24, 2.45) is 0 Å². The molecule has 0 N–H and O–H groups in total. The van der Waals surface area contributed by atoms with Crippen LogP contribution >= 0.6 is 0 Å². The minimum atomic E-state index is 1.21. The van der Waals surface area contributed by atoms with Crippen LogP contribution in [-0.4, -0.2) is 0 Å². The predicted octanol–water partition coefficient (Wildman–Crippen LogP) is 16.9. The van der Waals surface area contributed by atoms with Crippen molar-refractivity contribution < 1.29 is 0 Å².